The van der Waals surface area contributed by atoms with Crippen molar-refractivity contribution in [1.29, 1.82) is 0 Å². The van der Waals surface area contributed by atoms with Gasteiger partial charge in [0.15, 0.2) is 5.82 Å². The van der Waals surface area contributed by atoms with Gasteiger partial charge in [-0.15, -0.1) is 0 Å². The normalized spacial score (nSPS) is 17.5. The third kappa shape index (κ3) is 2.88. The summed E-state index contributed by atoms with van der Waals surface area (Å²) in [5.41, 5.74) is 0.402. The van der Waals surface area contributed by atoms with Gasteiger partial charge in [-0.3, -0.25) is 0 Å². The zero-order chi connectivity index (χ0) is 16.6. The molecule has 1 atom stereocenters. The molecular formula is C17H14ClF2NO2. The number of rotatable bonds is 3. The average molecular weight is 338 g/mol. The van der Waals surface area contributed by atoms with Crippen LogP contribution in [0.2, 0.25) is 5.02 Å². The molecule has 0 radical (unpaired) electrons. The van der Waals surface area contributed by atoms with Crippen LogP contribution >= 0.6 is 11.6 Å². The van der Waals surface area contributed by atoms with Gasteiger partial charge in [-0.05, 0) is 30.2 Å². The van der Waals surface area contributed by atoms with Crippen molar-refractivity contribution in [2.24, 2.45) is 0 Å². The van der Waals surface area contributed by atoms with Gasteiger partial charge >= 0.3 is 5.97 Å². The van der Waals surface area contributed by atoms with Gasteiger partial charge < -0.3 is 10.0 Å². The highest BCUT2D eigenvalue weighted by Crippen LogP contribution is 2.35. The summed E-state index contributed by atoms with van der Waals surface area (Å²) in [6.45, 7) is 0.968. The van der Waals surface area contributed by atoms with E-state index >= 15 is 0 Å². The summed E-state index contributed by atoms with van der Waals surface area (Å²) in [5.74, 6) is -2.68. The fourth-order valence-corrected chi connectivity index (χ4v) is 3.17. The Morgan fingerprint density at radius 3 is 2.65 bits per heavy atom. The molecular weight excluding hydrogens is 324 g/mol. The van der Waals surface area contributed by atoms with Gasteiger partial charge in [0, 0.05) is 19.0 Å². The number of hydrogen-bond acceptors (Lipinski definition) is 2. The summed E-state index contributed by atoms with van der Waals surface area (Å²) in [6.07, 6.45) is 0.617. The van der Waals surface area contributed by atoms with Crippen molar-refractivity contribution < 1.29 is 18.7 Å². The minimum absolute atomic E-state index is 0.0463. The Morgan fingerprint density at radius 1 is 1.17 bits per heavy atom. The van der Waals surface area contributed by atoms with Crippen molar-refractivity contribution in [2.75, 3.05) is 18.0 Å². The molecule has 1 fully saturated rings. The summed E-state index contributed by atoms with van der Waals surface area (Å²) in [4.78, 5) is 12.8. The molecule has 1 aliphatic rings. The van der Waals surface area contributed by atoms with Crippen molar-refractivity contribution in [3.8, 4) is 0 Å². The van der Waals surface area contributed by atoms with E-state index in [1.165, 1.54) is 18.2 Å². The first-order valence-electron chi connectivity index (χ1n) is 7.19. The second-order valence-electron chi connectivity index (χ2n) is 5.52. The van der Waals surface area contributed by atoms with Gasteiger partial charge in [0.1, 0.15) is 5.82 Å². The monoisotopic (exact) mass is 337 g/mol. The summed E-state index contributed by atoms with van der Waals surface area (Å²) < 4.78 is 28.5. The van der Waals surface area contributed by atoms with E-state index < -0.39 is 17.6 Å². The summed E-state index contributed by atoms with van der Waals surface area (Å²) >= 11 is 5.80. The number of nitrogens with zero attached hydrogens (tertiary/aromatic N) is 1. The second kappa shape index (κ2) is 6.16. The van der Waals surface area contributed by atoms with E-state index in [0.29, 0.717) is 30.8 Å². The van der Waals surface area contributed by atoms with Gasteiger partial charge in [0.2, 0.25) is 0 Å². The molecule has 1 saturated heterocycles. The first-order chi connectivity index (χ1) is 11.0. The molecule has 0 bridgehead atoms. The Kier molecular flexibility index (Phi) is 4.22. The van der Waals surface area contributed by atoms with Crippen LogP contribution in [-0.2, 0) is 0 Å². The highest BCUT2D eigenvalue weighted by atomic mass is 35.5. The Hall–Kier alpha value is -2.14. The number of anilines is 1. The third-order valence-electron chi connectivity index (χ3n) is 4.16. The summed E-state index contributed by atoms with van der Waals surface area (Å²) in [7, 11) is 0. The quantitative estimate of drug-likeness (QED) is 0.907. The Balaban J connectivity index is 1.87. The van der Waals surface area contributed by atoms with Crippen LogP contribution in [0.4, 0.5) is 14.5 Å². The molecule has 2 aromatic rings. The maximum Gasteiger partial charge on any atom is 0.338 e. The standard InChI is InChI=1S/C17H14ClF2NO2/c18-13-5-2-6-14(16(13)20)21-8-7-10(9-21)11-3-1-4-12(15(11)19)17(22)23/h1-6,10H,7-9H2,(H,22,23). The SMILES string of the molecule is O=C(O)c1cccc(C2CCN(c3cccc(Cl)c3F)C2)c1F. The van der Waals surface area contributed by atoms with E-state index in [1.807, 2.05) is 0 Å². The first-order valence-corrected chi connectivity index (χ1v) is 7.57. The molecule has 1 aliphatic heterocycles. The zero-order valence-electron chi connectivity index (χ0n) is 12.1. The molecule has 3 rings (SSSR count). The topological polar surface area (TPSA) is 40.5 Å². The van der Waals surface area contributed by atoms with E-state index in [0.717, 1.165) is 0 Å². The smallest absolute Gasteiger partial charge is 0.338 e. The molecule has 1 unspecified atom stereocenters. The molecule has 1 heterocycles. The molecule has 0 amide bonds. The second-order valence-corrected chi connectivity index (χ2v) is 5.93. The van der Waals surface area contributed by atoms with Gasteiger partial charge in [0.25, 0.3) is 0 Å². The van der Waals surface area contributed by atoms with Gasteiger partial charge in [0.05, 0.1) is 16.3 Å². The predicted octanol–water partition coefficient (Wildman–Crippen LogP) is 4.31. The van der Waals surface area contributed by atoms with Crippen LogP contribution in [-0.4, -0.2) is 24.2 Å². The lowest BCUT2D eigenvalue weighted by atomic mass is 9.96. The van der Waals surface area contributed by atoms with E-state index in [9.17, 15) is 13.6 Å². The Morgan fingerprint density at radius 2 is 1.91 bits per heavy atom. The average Bonchev–Trinajstić information content (AvgIpc) is 2.99. The molecule has 1 N–H and O–H groups in total. The molecule has 3 nitrogen and oxygen atoms in total. The lowest BCUT2D eigenvalue weighted by Gasteiger charge is -2.20. The van der Waals surface area contributed by atoms with Gasteiger partial charge in [-0.2, -0.15) is 0 Å². The number of benzene rings is 2. The van der Waals surface area contributed by atoms with Crippen LogP contribution in [0.15, 0.2) is 36.4 Å². The molecule has 0 saturated carbocycles. The number of carboxylic acids is 1. The predicted molar refractivity (Wildman–Crippen MR) is 84.3 cm³/mol. The van der Waals surface area contributed by atoms with Crippen LogP contribution in [0, 0.1) is 11.6 Å². The largest absolute Gasteiger partial charge is 0.478 e. The van der Waals surface area contributed by atoms with Crippen molar-refractivity contribution in [2.45, 2.75) is 12.3 Å². The minimum Gasteiger partial charge on any atom is -0.478 e. The summed E-state index contributed by atoms with van der Waals surface area (Å²) in [6, 6.07) is 9.14. The molecule has 6 heteroatoms. The number of hydrogen-bond donors (Lipinski definition) is 1. The van der Waals surface area contributed by atoms with Crippen molar-refractivity contribution in [1.82, 2.24) is 0 Å². The van der Waals surface area contributed by atoms with E-state index in [-0.39, 0.29) is 16.5 Å². The minimum atomic E-state index is -1.29. The van der Waals surface area contributed by atoms with Crippen LogP contribution in [0.1, 0.15) is 28.3 Å². The molecule has 23 heavy (non-hydrogen) atoms. The van der Waals surface area contributed by atoms with Crippen LogP contribution in [0.3, 0.4) is 0 Å². The van der Waals surface area contributed by atoms with Crippen LogP contribution in [0.25, 0.3) is 0 Å². The van der Waals surface area contributed by atoms with Crippen LogP contribution < -0.4 is 4.90 Å². The van der Waals surface area contributed by atoms with E-state index in [4.69, 9.17) is 16.7 Å². The molecule has 2 aromatic carbocycles. The van der Waals surface area contributed by atoms with E-state index in [1.54, 1.807) is 23.1 Å². The van der Waals surface area contributed by atoms with Crippen molar-refractivity contribution in [3.05, 3.63) is 64.2 Å². The highest BCUT2D eigenvalue weighted by molar-refractivity contribution is 6.31. The maximum absolute atomic E-state index is 14.4. The Labute approximate surface area is 137 Å². The fourth-order valence-electron chi connectivity index (χ4n) is 3.00. The lowest BCUT2D eigenvalue weighted by molar-refractivity contribution is 0.0691. The van der Waals surface area contributed by atoms with Gasteiger partial charge in [-0.25, -0.2) is 13.6 Å². The maximum atomic E-state index is 14.4. The number of carbonyl (C=O) groups is 1. The zero-order valence-corrected chi connectivity index (χ0v) is 12.9. The van der Waals surface area contributed by atoms with Gasteiger partial charge in [-0.1, -0.05) is 29.8 Å². The van der Waals surface area contributed by atoms with Crippen molar-refractivity contribution >= 4 is 23.3 Å². The Bertz CT molecular complexity index is 766. The fraction of sp³-hybridized carbons (Fsp3) is 0.235. The summed E-state index contributed by atoms with van der Waals surface area (Å²) in [5, 5.41) is 9.06. The number of aromatic carboxylic acids is 1. The molecule has 0 aromatic heterocycles. The van der Waals surface area contributed by atoms with Crippen LogP contribution in [0.5, 0.6) is 0 Å². The number of carboxylic acid groups (broad SMARTS) is 1. The number of halogens is 3. The third-order valence-corrected chi connectivity index (χ3v) is 4.45. The lowest BCUT2D eigenvalue weighted by Crippen LogP contribution is -2.21. The molecule has 0 spiro atoms. The molecule has 0 aliphatic carbocycles. The first kappa shape index (κ1) is 15.7. The van der Waals surface area contributed by atoms with E-state index in [2.05, 4.69) is 0 Å². The molecule has 120 valence electrons. The highest BCUT2D eigenvalue weighted by Gasteiger charge is 2.29. The van der Waals surface area contributed by atoms with Crippen molar-refractivity contribution in [3.63, 3.8) is 0 Å².